The highest BCUT2D eigenvalue weighted by atomic mass is 16.7. The first-order valence-corrected chi connectivity index (χ1v) is 21.3. The lowest BCUT2D eigenvalue weighted by atomic mass is 9.44. The van der Waals surface area contributed by atoms with E-state index in [1.807, 2.05) is 20.8 Å². The van der Waals surface area contributed by atoms with Crippen LogP contribution >= 0.6 is 0 Å². The molecule has 1 aromatic carbocycles. The molecule has 2 saturated heterocycles. The number of alkyl carbamates (subject to hydrolysis) is 1. The Bertz CT molecular complexity index is 1960. The van der Waals surface area contributed by atoms with Gasteiger partial charge in [0, 0.05) is 37.5 Å². The highest BCUT2D eigenvalue weighted by molar-refractivity contribution is 5.89. The van der Waals surface area contributed by atoms with E-state index in [1.54, 1.807) is 71.9 Å². The zero-order valence-electron chi connectivity index (χ0n) is 37.6. The predicted octanol–water partition coefficient (Wildman–Crippen LogP) is 4.87. The molecule has 6 unspecified atom stereocenters. The Labute approximate surface area is 362 Å². The van der Waals surface area contributed by atoms with Crippen LogP contribution in [0.15, 0.2) is 54.1 Å². The number of carbonyl (C=O) groups excluding carboxylic acids is 5. The Morgan fingerprint density at radius 1 is 0.984 bits per heavy atom. The average molecular weight is 870 g/mol. The summed E-state index contributed by atoms with van der Waals surface area (Å²) in [6.45, 7) is 21.9. The molecule has 3 aliphatic carbocycles. The van der Waals surface area contributed by atoms with Crippen LogP contribution in [0.3, 0.4) is 0 Å². The number of hydrogen-bond acceptors (Lipinski definition) is 15. The minimum absolute atomic E-state index is 0.0926. The molecule has 3 N–H and O–H groups in total. The van der Waals surface area contributed by atoms with Crippen molar-refractivity contribution in [1.29, 1.82) is 0 Å². The van der Waals surface area contributed by atoms with Crippen LogP contribution in [0.2, 0.25) is 0 Å². The molecule has 342 valence electrons. The van der Waals surface area contributed by atoms with Crippen molar-refractivity contribution in [2.24, 2.45) is 22.7 Å². The van der Waals surface area contributed by atoms with Gasteiger partial charge < -0.3 is 53.4 Å². The monoisotopic (exact) mass is 869 g/mol. The second-order valence-electron chi connectivity index (χ2n) is 19.5. The van der Waals surface area contributed by atoms with E-state index >= 15 is 0 Å². The number of rotatable bonds is 11. The fourth-order valence-electron chi connectivity index (χ4n) is 10.7. The summed E-state index contributed by atoms with van der Waals surface area (Å²) in [6, 6.07) is 7.04. The van der Waals surface area contributed by atoms with Gasteiger partial charge in [0.1, 0.15) is 35.6 Å². The van der Waals surface area contributed by atoms with Crippen molar-refractivity contribution in [3.05, 3.63) is 59.7 Å². The van der Waals surface area contributed by atoms with Crippen LogP contribution < -0.4 is 5.32 Å². The van der Waals surface area contributed by atoms with Crippen LogP contribution in [-0.2, 0) is 52.3 Å². The molecular formula is C46H63NO15. The first-order chi connectivity index (χ1) is 28.8. The van der Waals surface area contributed by atoms with Gasteiger partial charge in [-0.25, -0.2) is 14.4 Å². The summed E-state index contributed by atoms with van der Waals surface area (Å²) in [4.78, 5) is 68.1. The fraction of sp³-hybridized carbons (Fsp3) is 0.674. The SMILES string of the molecule is C=CC1OC2CC3OC[C@@]3(OC(C)=O)C3[C@H](OC(=O)c4ccccc4)C4(O)C[C@H](OC(=O)[C@H](O)[C@H](CC(C)C)NC(=O)OC(C)(C)C)C(C)=C([C@H](OC(C)=O)[C@H](O1)C23C)C4(C)C. The van der Waals surface area contributed by atoms with Gasteiger partial charge in [-0.3, -0.25) is 9.59 Å². The molecule has 1 amide bonds. The first kappa shape index (κ1) is 47.1. The topological polar surface area (TPSA) is 212 Å². The molecule has 16 nitrogen and oxygen atoms in total. The number of carbonyl (C=O) groups is 5. The molecule has 4 fully saturated rings. The minimum Gasteiger partial charge on any atom is -0.456 e. The minimum atomic E-state index is -2.23. The van der Waals surface area contributed by atoms with E-state index in [2.05, 4.69) is 11.9 Å². The molecule has 2 heterocycles. The van der Waals surface area contributed by atoms with Crippen molar-refractivity contribution in [3.8, 4) is 0 Å². The molecule has 2 saturated carbocycles. The summed E-state index contributed by atoms with van der Waals surface area (Å²) in [5, 5.41) is 28.1. The quantitative estimate of drug-likeness (QED) is 0.154. The maximum Gasteiger partial charge on any atom is 0.407 e. The lowest BCUT2D eigenvalue weighted by molar-refractivity contribution is -0.405. The van der Waals surface area contributed by atoms with Crippen molar-refractivity contribution in [2.75, 3.05) is 6.61 Å². The Morgan fingerprint density at radius 2 is 1.65 bits per heavy atom. The second-order valence-corrected chi connectivity index (χ2v) is 19.5. The number of amides is 1. The molecule has 5 aliphatic rings. The van der Waals surface area contributed by atoms with Crippen molar-refractivity contribution in [1.82, 2.24) is 5.32 Å². The number of fused-ring (bicyclic) bond motifs is 4. The largest absolute Gasteiger partial charge is 0.456 e. The van der Waals surface area contributed by atoms with E-state index in [1.165, 1.54) is 19.9 Å². The molecule has 0 radical (unpaired) electrons. The first-order valence-electron chi connectivity index (χ1n) is 21.3. The summed E-state index contributed by atoms with van der Waals surface area (Å²) in [5.74, 6) is -4.57. The van der Waals surface area contributed by atoms with Gasteiger partial charge >= 0.3 is 30.0 Å². The molecule has 62 heavy (non-hydrogen) atoms. The van der Waals surface area contributed by atoms with E-state index in [9.17, 15) is 34.2 Å². The average Bonchev–Trinajstić information content (AvgIpc) is 3.15. The summed E-state index contributed by atoms with van der Waals surface area (Å²) < 4.78 is 50.2. The lowest BCUT2D eigenvalue weighted by Crippen LogP contribution is -2.83. The summed E-state index contributed by atoms with van der Waals surface area (Å²) >= 11 is 0. The molecule has 1 aromatic rings. The van der Waals surface area contributed by atoms with E-state index < -0.39 is 125 Å². The van der Waals surface area contributed by atoms with Gasteiger partial charge in [0.05, 0.1) is 30.2 Å². The molecule has 0 spiro atoms. The molecule has 16 heteroatoms. The predicted molar refractivity (Wildman–Crippen MR) is 220 cm³/mol. The number of ether oxygens (including phenoxy) is 8. The number of hydrogen-bond donors (Lipinski definition) is 3. The van der Waals surface area contributed by atoms with Gasteiger partial charge in [0.25, 0.3) is 0 Å². The smallest absolute Gasteiger partial charge is 0.407 e. The second kappa shape index (κ2) is 17.0. The fourth-order valence-corrected chi connectivity index (χ4v) is 10.7. The molecule has 0 aromatic heterocycles. The summed E-state index contributed by atoms with van der Waals surface area (Å²) in [6.07, 6.45) is -9.36. The normalized spacial score (nSPS) is 35.5. The zero-order valence-corrected chi connectivity index (χ0v) is 37.6. The lowest BCUT2D eigenvalue weighted by Gasteiger charge is -2.71. The highest BCUT2D eigenvalue weighted by Gasteiger charge is 2.79. The van der Waals surface area contributed by atoms with Crippen LogP contribution in [0, 0.1) is 22.7 Å². The van der Waals surface area contributed by atoms with Crippen LogP contribution in [0.5, 0.6) is 0 Å². The van der Waals surface area contributed by atoms with Crippen molar-refractivity contribution in [2.45, 2.75) is 167 Å². The van der Waals surface area contributed by atoms with Gasteiger partial charge in [-0.1, -0.05) is 59.4 Å². The van der Waals surface area contributed by atoms with Crippen LogP contribution in [0.25, 0.3) is 0 Å². The number of aliphatic hydroxyl groups excluding tert-OH is 1. The van der Waals surface area contributed by atoms with E-state index in [-0.39, 0.29) is 30.9 Å². The standard InChI is InChI=1S/C46H63NO15/c1-13-32-58-30-20-31-45(22-55-31,61-26(6)49)36-38(60-39(51)27-17-15-14-16-18-27)46(54)21-29(57-40(52)34(50)28(19-23(2)3)47-41(53)62-42(7,8)9)24(4)33(43(46,10)11)35(56-25(5)48)37(59-32)44(30,36)12/h13-18,23,28-32,34-38,50,54H,1,19-22H2,2-12H3,(H,47,53)/t28-,29-,30?,31?,32?,34+,35-,36?,37-,38-,44?,45-,46?/m0/s1. The molecule has 2 bridgehead atoms. The third kappa shape index (κ3) is 8.28. The third-order valence-corrected chi connectivity index (χ3v) is 13.4. The van der Waals surface area contributed by atoms with Crippen LogP contribution in [0.4, 0.5) is 4.79 Å². The molecule has 6 rings (SSSR count). The maximum absolute atomic E-state index is 14.4. The molecule has 2 aliphatic heterocycles. The summed E-state index contributed by atoms with van der Waals surface area (Å²) in [5.41, 5.74) is -6.65. The van der Waals surface area contributed by atoms with Crippen LogP contribution in [0.1, 0.15) is 106 Å². The van der Waals surface area contributed by atoms with Gasteiger partial charge in [0.2, 0.25) is 0 Å². The number of benzene rings is 1. The maximum atomic E-state index is 14.4. The van der Waals surface area contributed by atoms with Gasteiger partial charge in [-0.05, 0) is 69.4 Å². The molecule has 13 atom stereocenters. The Morgan fingerprint density at radius 3 is 2.19 bits per heavy atom. The van der Waals surface area contributed by atoms with Crippen LogP contribution in [-0.4, -0.2) is 119 Å². The van der Waals surface area contributed by atoms with Crippen molar-refractivity contribution in [3.63, 3.8) is 0 Å². The van der Waals surface area contributed by atoms with E-state index in [4.69, 9.17) is 37.9 Å². The van der Waals surface area contributed by atoms with E-state index in [0.29, 0.717) is 11.1 Å². The Hall–Kier alpha value is -4.35. The van der Waals surface area contributed by atoms with Gasteiger partial charge in [-0.2, -0.15) is 0 Å². The van der Waals surface area contributed by atoms with Crippen molar-refractivity contribution >= 4 is 30.0 Å². The van der Waals surface area contributed by atoms with Gasteiger partial charge in [0.15, 0.2) is 24.1 Å². The van der Waals surface area contributed by atoms with Crippen molar-refractivity contribution < 1.29 is 72.1 Å². The number of aliphatic hydroxyl groups is 2. The van der Waals surface area contributed by atoms with Gasteiger partial charge in [-0.15, -0.1) is 0 Å². The van der Waals surface area contributed by atoms with E-state index in [0.717, 1.165) is 0 Å². The summed E-state index contributed by atoms with van der Waals surface area (Å²) in [7, 11) is 0. The zero-order chi connectivity index (χ0) is 45.9. The third-order valence-electron chi connectivity index (χ3n) is 13.4. The number of esters is 4. The Kier molecular flexibility index (Phi) is 12.9. The Balaban J connectivity index is 1.57. The molecular weight excluding hydrogens is 806 g/mol. The number of nitrogens with one attached hydrogen (secondary N) is 1. The highest BCUT2D eigenvalue weighted by Crippen LogP contribution is 2.67.